The predicted molar refractivity (Wildman–Crippen MR) is 179 cm³/mol. The van der Waals surface area contributed by atoms with Crippen molar-refractivity contribution in [1.82, 2.24) is 15.1 Å². The molecule has 1 aromatic heterocycles. The van der Waals surface area contributed by atoms with Crippen molar-refractivity contribution in [3.63, 3.8) is 0 Å². The molecule has 0 bridgehead atoms. The summed E-state index contributed by atoms with van der Waals surface area (Å²) in [5.41, 5.74) is -3.27. The van der Waals surface area contributed by atoms with Crippen LogP contribution in [0.3, 0.4) is 0 Å². The van der Waals surface area contributed by atoms with Gasteiger partial charge in [-0.1, -0.05) is 81.4 Å². The van der Waals surface area contributed by atoms with Crippen molar-refractivity contribution < 1.29 is 37.5 Å². The highest BCUT2D eigenvalue weighted by Crippen LogP contribution is 2.59. The maximum Gasteiger partial charge on any atom is 0.399 e. The number of thiophene rings is 1. The summed E-state index contributed by atoms with van der Waals surface area (Å²) in [6, 6.07) is 20.1. The van der Waals surface area contributed by atoms with E-state index in [9.17, 15) is 27.7 Å². The van der Waals surface area contributed by atoms with E-state index >= 15 is 0 Å². The quantitative estimate of drug-likeness (QED) is 0.193. The van der Waals surface area contributed by atoms with Gasteiger partial charge in [-0.25, -0.2) is 0 Å². The lowest BCUT2D eigenvalue weighted by molar-refractivity contribution is -0.147. The van der Waals surface area contributed by atoms with Crippen LogP contribution in [0.5, 0.6) is 0 Å². The molecule has 9 nitrogen and oxygen atoms in total. The Morgan fingerprint density at radius 2 is 1.67 bits per heavy atom. The van der Waals surface area contributed by atoms with Crippen LogP contribution in [-0.4, -0.2) is 56.4 Å². The molecular weight excluding hydrogens is 659 g/mol. The number of carbonyl (C=O) groups is 3. The summed E-state index contributed by atoms with van der Waals surface area (Å²) in [6.07, 6.45) is 0.812. The summed E-state index contributed by atoms with van der Waals surface area (Å²) >= 11 is 1.00. The van der Waals surface area contributed by atoms with Gasteiger partial charge < -0.3 is 24.9 Å². The number of carbonyl (C=O) groups excluding carboxylic acids is 3. The fraction of sp³-hybridized carbons (Fsp3) is 0.343. The maximum absolute atomic E-state index is 14.5. The standard InChI is InChI=1S/C35H36F2N3O6PS/c1-34(2,3)30(38-31(41)28-18-24-17-25(13-14-27(24)48-28)35(36,37)47(44,45)46)33(43)40-20-23-11-7-8-12-26(23)29(40)32(42)39-16-15-22(19-39)21-9-5-4-6-10-21/h4-14,17-18,22,29-30H,15-16,19-20H2,1-3H3,(H,38,41)(H2,44,45,46)/t22-,29-,30+/m0/s1. The summed E-state index contributed by atoms with van der Waals surface area (Å²) < 4.78 is 40.6. The van der Waals surface area contributed by atoms with Crippen LogP contribution >= 0.6 is 18.9 Å². The number of hydrogen-bond donors (Lipinski definition) is 3. The van der Waals surface area contributed by atoms with Gasteiger partial charge in [0.2, 0.25) is 11.8 Å². The second-order valence-corrected chi connectivity index (χ2v) is 16.2. The van der Waals surface area contributed by atoms with Crippen LogP contribution < -0.4 is 5.32 Å². The first-order chi connectivity index (χ1) is 22.6. The molecule has 3 amide bonds. The third-order valence-corrected chi connectivity index (χ3v) is 11.2. The fourth-order valence-electron chi connectivity index (χ4n) is 6.52. The van der Waals surface area contributed by atoms with Crippen LogP contribution in [0.25, 0.3) is 10.1 Å². The Morgan fingerprint density at radius 3 is 2.35 bits per heavy atom. The van der Waals surface area contributed by atoms with E-state index < -0.39 is 48.1 Å². The highest BCUT2D eigenvalue weighted by atomic mass is 32.1. The molecule has 0 unspecified atom stereocenters. The minimum atomic E-state index is -5.78. The molecule has 0 saturated carbocycles. The highest BCUT2D eigenvalue weighted by molar-refractivity contribution is 7.52. The molecule has 3 atom stereocenters. The van der Waals surface area contributed by atoms with Crippen molar-refractivity contribution in [2.75, 3.05) is 13.1 Å². The molecule has 48 heavy (non-hydrogen) atoms. The average Bonchev–Trinajstić information content (AvgIpc) is 3.79. The molecule has 0 aliphatic carbocycles. The van der Waals surface area contributed by atoms with Gasteiger partial charge in [0.25, 0.3) is 5.91 Å². The summed E-state index contributed by atoms with van der Waals surface area (Å²) in [7, 11) is -5.78. The zero-order valence-electron chi connectivity index (χ0n) is 26.6. The molecule has 2 aliphatic heterocycles. The molecule has 3 aromatic carbocycles. The average molecular weight is 696 g/mol. The van der Waals surface area contributed by atoms with Gasteiger partial charge in [-0.15, -0.1) is 11.3 Å². The van der Waals surface area contributed by atoms with Crippen molar-refractivity contribution in [2.45, 2.75) is 57.4 Å². The highest BCUT2D eigenvalue weighted by Gasteiger charge is 2.50. The van der Waals surface area contributed by atoms with Crippen LogP contribution in [0.4, 0.5) is 8.78 Å². The van der Waals surface area contributed by atoms with E-state index in [2.05, 4.69) is 17.4 Å². The van der Waals surface area contributed by atoms with Crippen molar-refractivity contribution >= 4 is 46.7 Å². The lowest BCUT2D eigenvalue weighted by Crippen LogP contribution is -2.55. The molecule has 2 aliphatic rings. The molecule has 13 heteroatoms. The maximum atomic E-state index is 14.5. The van der Waals surface area contributed by atoms with E-state index in [1.165, 1.54) is 12.1 Å². The topological polar surface area (TPSA) is 127 Å². The van der Waals surface area contributed by atoms with E-state index in [0.717, 1.165) is 46.6 Å². The number of amides is 3. The van der Waals surface area contributed by atoms with Gasteiger partial charge in [0.05, 0.1) is 4.88 Å². The lowest BCUT2D eigenvalue weighted by Gasteiger charge is -2.36. The van der Waals surface area contributed by atoms with Crippen LogP contribution in [-0.2, 0) is 26.4 Å². The lowest BCUT2D eigenvalue weighted by atomic mass is 9.85. The normalized spacial score (nSPS) is 19.0. The molecule has 0 spiro atoms. The largest absolute Gasteiger partial charge is 0.399 e. The first-order valence-electron chi connectivity index (χ1n) is 15.6. The van der Waals surface area contributed by atoms with E-state index in [0.29, 0.717) is 17.8 Å². The molecule has 3 heterocycles. The molecule has 4 aromatic rings. The Bertz CT molecular complexity index is 1940. The van der Waals surface area contributed by atoms with E-state index in [1.807, 2.05) is 68.1 Å². The van der Waals surface area contributed by atoms with Gasteiger partial charge in [-0.2, -0.15) is 8.78 Å². The first kappa shape index (κ1) is 33.9. The van der Waals surface area contributed by atoms with Gasteiger partial charge in [-0.3, -0.25) is 18.9 Å². The summed E-state index contributed by atoms with van der Waals surface area (Å²) in [5.74, 6) is -1.01. The van der Waals surface area contributed by atoms with Crippen LogP contribution in [0.2, 0.25) is 0 Å². The molecule has 1 fully saturated rings. The second kappa shape index (κ2) is 12.5. The number of likely N-dealkylation sites (tertiary alicyclic amines) is 1. The number of benzene rings is 3. The number of alkyl halides is 2. The Hall–Kier alpha value is -3.96. The molecule has 0 radical (unpaired) electrons. The fourth-order valence-corrected chi connectivity index (χ4v) is 7.94. The van der Waals surface area contributed by atoms with Crippen LogP contribution in [0.1, 0.15) is 71.1 Å². The van der Waals surface area contributed by atoms with Crippen LogP contribution in [0.15, 0.2) is 78.9 Å². The minimum absolute atomic E-state index is 0.130. The van der Waals surface area contributed by atoms with E-state index in [1.54, 1.807) is 4.90 Å². The van der Waals surface area contributed by atoms with Crippen molar-refractivity contribution in [2.24, 2.45) is 5.41 Å². The Morgan fingerprint density at radius 1 is 0.979 bits per heavy atom. The SMILES string of the molecule is CC(C)(C)[C@H](NC(=O)c1cc2cc(C(F)(F)P(=O)(O)O)ccc2s1)C(=O)N1Cc2ccccc2[C@H]1C(=O)N1CC[C@H](c2ccccc2)C1. The molecule has 3 N–H and O–H groups in total. The van der Waals surface area contributed by atoms with Gasteiger partial charge in [0.1, 0.15) is 12.1 Å². The number of fused-ring (bicyclic) bond motifs is 2. The Kier molecular flexibility index (Phi) is 8.83. The van der Waals surface area contributed by atoms with Crippen LogP contribution in [0, 0.1) is 5.41 Å². The molecular formula is C35H36F2N3O6PS. The van der Waals surface area contributed by atoms with Crippen molar-refractivity contribution in [3.8, 4) is 0 Å². The predicted octanol–water partition coefficient (Wildman–Crippen LogP) is 6.37. The second-order valence-electron chi connectivity index (χ2n) is 13.5. The minimum Gasteiger partial charge on any atom is -0.340 e. The smallest absolute Gasteiger partial charge is 0.340 e. The van der Waals surface area contributed by atoms with Crippen molar-refractivity contribution in [3.05, 3.63) is 106 Å². The third kappa shape index (κ3) is 6.30. The van der Waals surface area contributed by atoms with E-state index in [4.69, 9.17) is 9.79 Å². The summed E-state index contributed by atoms with van der Waals surface area (Å²) in [6.45, 7) is 6.72. The molecule has 1 saturated heterocycles. The summed E-state index contributed by atoms with van der Waals surface area (Å²) in [5, 5.41) is 3.05. The molecule has 6 rings (SSSR count). The number of nitrogens with one attached hydrogen (secondary N) is 1. The first-order valence-corrected chi connectivity index (χ1v) is 18.0. The van der Waals surface area contributed by atoms with Gasteiger partial charge >= 0.3 is 13.3 Å². The van der Waals surface area contributed by atoms with E-state index in [-0.39, 0.29) is 28.6 Å². The van der Waals surface area contributed by atoms with Gasteiger partial charge in [0, 0.05) is 35.8 Å². The summed E-state index contributed by atoms with van der Waals surface area (Å²) in [4.78, 5) is 64.1. The number of rotatable bonds is 7. The zero-order chi connectivity index (χ0) is 34.6. The number of hydrogen-bond acceptors (Lipinski definition) is 5. The Labute approximate surface area is 280 Å². The number of halogens is 2. The molecule has 252 valence electrons. The Balaban J connectivity index is 1.26. The number of nitrogens with zero attached hydrogens (tertiary/aromatic N) is 2. The van der Waals surface area contributed by atoms with Gasteiger partial charge in [-0.05, 0) is 52.1 Å². The zero-order valence-corrected chi connectivity index (χ0v) is 28.3. The van der Waals surface area contributed by atoms with Gasteiger partial charge in [0.15, 0.2) is 0 Å². The third-order valence-electron chi connectivity index (χ3n) is 9.13. The van der Waals surface area contributed by atoms with Crippen molar-refractivity contribution in [1.29, 1.82) is 0 Å². The monoisotopic (exact) mass is 695 g/mol.